The van der Waals surface area contributed by atoms with Crippen LogP contribution in [0.2, 0.25) is 0 Å². The van der Waals surface area contributed by atoms with Crippen LogP contribution in [0.3, 0.4) is 0 Å². The quantitative estimate of drug-likeness (QED) is 0.323. The first-order valence-electron chi connectivity index (χ1n) is 10.1. The highest BCUT2D eigenvalue weighted by Gasteiger charge is 2.21. The van der Waals surface area contributed by atoms with Crippen LogP contribution in [0.15, 0.2) is 83.5 Å². The first-order valence-corrected chi connectivity index (χ1v) is 10.9. The molecule has 3 N–H and O–H groups in total. The Kier molecular flexibility index (Phi) is 6.56. The molecule has 6 nitrogen and oxygen atoms in total. The summed E-state index contributed by atoms with van der Waals surface area (Å²) >= 11 is 3.40. The Morgan fingerprint density at radius 3 is 2.31 bits per heavy atom. The molecule has 0 spiro atoms. The molecule has 0 aliphatic rings. The summed E-state index contributed by atoms with van der Waals surface area (Å²) in [6.07, 6.45) is 2.25. The third-order valence-corrected chi connectivity index (χ3v) is 5.49. The maximum absolute atomic E-state index is 12.9. The number of ether oxygens (including phenoxy) is 1. The Bertz CT molecular complexity index is 1230. The van der Waals surface area contributed by atoms with Crippen molar-refractivity contribution in [3.63, 3.8) is 0 Å². The van der Waals surface area contributed by atoms with Gasteiger partial charge in [0, 0.05) is 40.6 Å². The topological polar surface area (TPSA) is 83.2 Å². The molecule has 0 aliphatic carbocycles. The van der Waals surface area contributed by atoms with Gasteiger partial charge in [0.2, 0.25) is 11.8 Å². The molecule has 0 saturated heterocycles. The zero-order valence-electron chi connectivity index (χ0n) is 17.4. The van der Waals surface area contributed by atoms with Crippen LogP contribution in [0, 0.1) is 0 Å². The van der Waals surface area contributed by atoms with Crippen LogP contribution >= 0.6 is 15.9 Å². The molecule has 7 heteroatoms. The van der Waals surface area contributed by atoms with Crippen molar-refractivity contribution in [3.8, 4) is 11.5 Å². The van der Waals surface area contributed by atoms with Crippen molar-refractivity contribution in [2.45, 2.75) is 19.4 Å². The summed E-state index contributed by atoms with van der Waals surface area (Å²) in [6.45, 7) is 1.41. The van der Waals surface area contributed by atoms with Crippen molar-refractivity contribution in [3.05, 3.63) is 89.0 Å². The first-order chi connectivity index (χ1) is 15.5. The van der Waals surface area contributed by atoms with E-state index < -0.39 is 6.04 Å². The lowest BCUT2D eigenvalue weighted by Crippen LogP contribution is -2.44. The Balaban J connectivity index is 1.44. The van der Waals surface area contributed by atoms with E-state index >= 15 is 0 Å². The van der Waals surface area contributed by atoms with Crippen molar-refractivity contribution >= 4 is 44.3 Å². The molecule has 2 amide bonds. The molecule has 0 saturated carbocycles. The summed E-state index contributed by atoms with van der Waals surface area (Å²) < 4.78 is 6.79. The molecule has 0 unspecified atom stereocenters. The number of amides is 2. The number of carbonyl (C=O) groups excluding carboxylic acids is 2. The van der Waals surface area contributed by atoms with Gasteiger partial charge >= 0.3 is 0 Å². The summed E-state index contributed by atoms with van der Waals surface area (Å²) in [7, 11) is 0. The van der Waals surface area contributed by atoms with Gasteiger partial charge in [-0.3, -0.25) is 9.59 Å². The van der Waals surface area contributed by atoms with Crippen LogP contribution in [0.4, 0.5) is 5.69 Å². The molecule has 4 rings (SSSR count). The van der Waals surface area contributed by atoms with Crippen molar-refractivity contribution in [2.24, 2.45) is 0 Å². The van der Waals surface area contributed by atoms with Gasteiger partial charge in [-0.15, -0.1) is 0 Å². The molecule has 0 radical (unpaired) electrons. The van der Waals surface area contributed by atoms with Crippen molar-refractivity contribution in [2.75, 3.05) is 5.32 Å². The van der Waals surface area contributed by atoms with Gasteiger partial charge in [-0.1, -0.05) is 34.1 Å². The van der Waals surface area contributed by atoms with E-state index in [9.17, 15) is 9.59 Å². The smallest absolute Gasteiger partial charge is 0.247 e. The Morgan fingerprint density at radius 1 is 0.969 bits per heavy atom. The summed E-state index contributed by atoms with van der Waals surface area (Å²) in [6, 6.07) is 21.8. The van der Waals surface area contributed by atoms with Crippen LogP contribution in [0.25, 0.3) is 10.9 Å². The number of fused-ring (bicyclic) bond motifs is 1. The number of carbonyl (C=O) groups is 2. The fourth-order valence-electron chi connectivity index (χ4n) is 3.45. The molecule has 0 fully saturated rings. The zero-order valence-corrected chi connectivity index (χ0v) is 19.0. The number of hydrogen-bond donors (Lipinski definition) is 3. The van der Waals surface area contributed by atoms with Gasteiger partial charge in [0.1, 0.15) is 17.5 Å². The fourth-order valence-corrected chi connectivity index (χ4v) is 3.71. The van der Waals surface area contributed by atoms with Crippen molar-refractivity contribution < 1.29 is 14.3 Å². The molecule has 3 aromatic carbocycles. The predicted octanol–water partition coefficient (Wildman–Crippen LogP) is 5.41. The van der Waals surface area contributed by atoms with E-state index in [0.29, 0.717) is 17.9 Å². The number of nitrogens with one attached hydrogen (secondary N) is 3. The second-order valence-electron chi connectivity index (χ2n) is 7.39. The van der Waals surface area contributed by atoms with E-state index in [1.54, 1.807) is 24.3 Å². The number of rotatable bonds is 7. The normalized spacial score (nSPS) is 11.7. The van der Waals surface area contributed by atoms with Crippen LogP contribution in [0.1, 0.15) is 12.5 Å². The van der Waals surface area contributed by atoms with Gasteiger partial charge in [-0.05, 0) is 60.2 Å². The van der Waals surface area contributed by atoms with Crippen molar-refractivity contribution in [1.29, 1.82) is 0 Å². The summed E-state index contributed by atoms with van der Waals surface area (Å²) in [5, 5.41) is 6.67. The number of aromatic nitrogens is 1. The number of aromatic amines is 1. The Morgan fingerprint density at radius 2 is 1.62 bits per heavy atom. The third-order valence-electron chi connectivity index (χ3n) is 4.96. The Labute approximate surface area is 194 Å². The van der Waals surface area contributed by atoms with Crippen LogP contribution < -0.4 is 15.4 Å². The lowest BCUT2D eigenvalue weighted by atomic mass is 10.0. The molecule has 4 aromatic rings. The van der Waals surface area contributed by atoms with Gasteiger partial charge in [0.05, 0.1) is 0 Å². The molecular weight excluding hydrogens is 470 g/mol. The number of hydrogen-bond acceptors (Lipinski definition) is 3. The average molecular weight is 492 g/mol. The number of H-pyrrole nitrogens is 1. The monoisotopic (exact) mass is 491 g/mol. The summed E-state index contributed by atoms with van der Waals surface area (Å²) in [5.74, 6) is 0.826. The number of para-hydroxylation sites is 1. The molecular formula is C25H22BrN3O3. The highest BCUT2D eigenvalue weighted by Crippen LogP contribution is 2.25. The van der Waals surface area contributed by atoms with E-state index in [2.05, 4.69) is 31.5 Å². The molecule has 1 aromatic heterocycles. The van der Waals surface area contributed by atoms with E-state index in [1.807, 2.05) is 54.7 Å². The van der Waals surface area contributed by atoms with E-state index in [1.165, 1.54) is 6.92 Å². The predicted molar refractivity (Wildman–Crippen MR) is 129 cm³/mol. The van der Waals surface area contributed by atoms with E-state index in [-0.39, 0.29) is 11.8 Å². The molecule has 0 bridgehead atoms. The molecule has 1 heterocycles. The van der Waals surface area contributed by atoms with E-state index in [4.69, 9.17) is 4.74 Å². The largest absolute Gasteiger partial charge is 0.457 e. The van der Waals surface area contributed by atoms with Crippen molar-refractivity contribution in [1.82, 2.24) is 10.3 Å². The molecule has 32 heavy (non-hydrogen) atoms. The second kappa shape index (κ2) is 9.70. The minimum absolute atomic E-state index is 0.261. The third kappa shape index (κ3) is 5.36. The van der Waals surface area contributed by atoms with Gasteiger partial charge in [-0.25, -0.2) is 0 Å². The van der Waals surface area contributed by atoms with E-state index in [0.717, 1.165) is 26.7 Å². The zero-order chi connectivity index (χ0) is 22.5. The molecule has 162 valence electrons. The molecule has 0 aliphatic heterocycles. The lowest BCUT2D eigenvalue weighted by Gasteiger charge is -2.17. The minimum atomic E-state index is -0.703. The highest BCUT2D eigenvalue weighted by atomic mass is 79.9. The van der Waals surface area contributed by atoms with Crippen LogP contribution in [-0.4, -0.2) is 22.8 Å². The SMILES string of the molecule is CC(=O)N[C@H](Cc1c[nH]c2ccccc12)C(=O)Nc1ccc(Oc2ccc(Br)cc2)cc1. The van der Waals surface area contributed by atoms with Gasteiger partial charge in [-0.2, -0.15) is 0 Å². The highest BCUT2D eigenvalue weighted by molar-refractivity contribution is 9.10. The number of benzene rings is 3. The Hall–Kier alpha value is -3.58. The fraction of sp³-hybridized carbons (Fsp3) is 0.120. The van der Waals surface area contributed by atoms with Crippen LogP contribution in [0.5, 0.6) is 11.5 Å². The summed E-state index contributed by atoms with van der Waals surface area (Å²) in [4.78, 5) is 27.9. The molecule has 1 atom stereocenters. The minimum Gasteiger partial charge on any atom is -0.457 e. The average Bonchev–Trinajstić information content (AvgIpc) is 3.19. The van der Waals surface area contributed by atoms with Gasteiger partial charge < -0.3 is 20.4 Å². The van der Waals surface area contributed by atoms with Gasteiger partial charge in [0.25, 0.3) is 0 Å². The first kappa shape index (κ1) is 21.6. The summed E-state index contributed by atoms with van der Waals surface area (Å²) in [5.41, 5.74) is 2.58. The number of halogens is 1. The van der Waals surface area contributed by atoms with Gasteiger partial charge in [0.15, 0.2) is 0 Å². The second-order valence-corrected chi connectivity index (χ2v) is 8.30. The number of anilines is 1. The maximum Gasteiger partial charge on any atom is 0.247 e. The maximum atomic E-state index is 12.9. The van der Waals surface area contributed by atoms with Crippen LogP contribution in [-0.2, 0) is 16.0 Å². The lowest BCUT2D eigenvalue weighted by molar-refractivity contribution is -0.125. The standard InChI is InChI=1S/C25H22BrN3O3/c1-16(30)28-24(14-17-15-27-23-5-3-2-4-22(17)23)25(31)29-19-8-12-21(13-9-19)32-20-10-6-18(26)7-11-20/h2-13,15,24,27H,14H2,1H3,(H,28,30)(H,29,31)/t24-/m1/s1.